The third kappa shape index (κ3) is 3.75. The van der Waals surface area contributed by atoms with Crippen LogP contribution in [0.25, 0.3) is 0 Å². The summed E-state index contributed by atoms with van der Waals surface area (Å²) >= 11 is 11.7. The Bertz CT molecular complexity index is 305. The molecule has 0 N–H and O–H groups in total. The van der Waals surface area contributed by atoms with E-state index in [0.29, 0.717) is 5.41 Å². The molecule has 1 unspecified atom stereocenters. The lowest BCUT2D eigenvalue weighted by molar-refractivity contribution is 0.280. The van der Waals surface area contributed by atoms with Crippen LogP contribution >= 0.6 is 38.9 Å². The van der Waals surface area contributed by atoms with E-state index in [9.17, 15) is 0 Å². The van der Waals surface area contributed by atoms with E-state index >= 15 is 0 Å². The zero-order valence-corrected chi connectivity index (χ0v) is 13.2. The Morgan fingerprint density at radius 1 is 1.44 bits per heavy atom. The lowest BCUT2D eigenvalue weighted by Gasteiger charge is -2.30. The second-order valence-electron chi connectivity index (χ2n) is 4.46. The molecule has 0 aliphatic carbocycles. The van der Waals surface area contributed by atoms with Crippen LogP contribution in [0.1, 0.15) is 44.4 Å². The highest BCUT2D eigenvalue weighted by atomic mass is 79.9. The smallest absolute Gasteiger partial charge is 0.0314 e. The molecule has 0 aliphatic rings. The Morgan fingerprint density at radius 2 is 2.19 bits per heavy atom. The first-order valence-electron chi connectivity index (χ1n) is 5.95. The topological polar surface area (TPSA) is 0 Å². The number of rotatable bonds is 7. The van der Waals surface area contributed by atoms with Crippen molar-refractivity contribution in [2.45, 2.75) is 46.0 Å². The van der Waals surface area contributed by atoms with Gasteiger partial charge < -0.3 is 0 Å². The third-order valence-electron chi connectivity index (χ3n) is 3.32. The summed E-state index contributed by atoms with van der Waals surface area (Å²) in [4.78, 5) is 1.44. The largest absolute Gasteiger partial charge is 0.148 e. The minimum Gasteiger partial charge on any atom is -0.148 e. The van der Waals surface area contributed by atoms with Crippen molar-refractivity contribution < 1.29 is 0 Å². The van der Waals surface area contributed by atoms with Crippen molar-refractivity contribution in [1.29, 1.82) is 0 Å². The van der Waals surface area contributed by atoms with E-state index in [0.717, 1.165) is 12.3 Å². The summed E-state index contributed by atoms with van der Waals surface area (Å²) in [6.45, 7) is 4.51. The van der Waals surface area contributed by atoms with E-state index in [1.165, 1.54) is 35.0 Å². The van der Waals surface area contributed by atoms with Crippen LogP contribution in [-0.2, 0) is 6.42 Å². The summed E-state index contributed by atoms with van der Waals surface area (Å²) in [5.74, 6) is 0.772. The minimum absolute atomic E-state index is 0.297. The Balaban J connectivity index is 2.73. The molecular weight excluding hydrogens is 304 g/mol. The van der Waals surface area contributed by atoms with Gasteiger partial charge in [0, 0.05) is 15.2 Å². The average molecular weight is 324 g/mol. The highest BCUT2D eigenvalue weighted by Crippen LogP contribution is 2.38. The standard InChI is InChI=1S/C13H20BrClS/c1-3-5-7-13(4-2,10-15)9-12-11(14)6-8-16-12/h6,8H,3-5,7,9-10H2,1-2H3. The van der Waals surface area contributed by atoms with Gasteiger partial charge in [0.15, 0.2) is 0 Å². The molecular formula is C13H20BrClS. The molecule has 0 saturated heterocycles. The molecule has 1 atom stereocenters. The first-order valence-corrected chi connectivity index (χ1v) is 8.16. The monoisotopic (exact) mass is 322 g/mol. The van der Waals surface area contributed by atoms with Gasteiger partial charge in [-0.25, -0.2) is 0 Å². The zero-order chi connectivity index (χ0) is 12.0. The maximum atomic E-state index is 6.22. The quantitative estimate of drug-likeness (QED) is 0.550. The van der Waals surface area contributed by atoms with Gasteiger partial charge in [-0.2, -0.15) is 0 Å². The lowest BCUT2D eigenvalue weighted by atomic mass is 9.78. The Kier molecular flexibility index (Phi) is 6.38. The van der Waals surface area contributed by atoms with Crippen molar-refractivity contribution in [3.63, 3.8) is 0 Å². The van der Waals surface area contributed by atoms with E-state index in [4.69, 9.17) is 11.6 Å². The third-order valence-corrected chi connectivity index (χ3v) is 5.81. The van der Waals surface area contributed by atoms with Crippen molar-refractivity contribution in [2.24, 2.45) is 5.41 Å². The molecule has 1 aromatic heterocycles. The molecule has 0 spiro atoms. The fraction of sp³-hybridized carbons (Fsp3) is 0.692. The van der Waals surface area contributed by atoms with Gasteiger partial charge in [0.2, 0.25) is 0 Å². The molecule has 16 heavy (non-hydrogen) atoms. The summed E-state index contributed by atoms with van der Waals surface area (Å²) in [7, 11) is 0. The van der Waals surface area contributed by atoms with Gasteiger partial charge in [0.25, 0.3) is 0 Å². The molecule has 0 amide bonds. The Hall–Kier alpha value is 0.470. The summed E-state index contributed by atoms with van der Waals surface area (Å²) < 4.78 is 1.25. The number of hydrogen-bond donors (Lipinski definition) is 0. The second kappa shape index (κ2) is 7.03. The summed E-state index contributed by atoms with van der Waals surface area (Å²) in [6.07, 6.45) is 6.06. The average Bonchev–Trinajstić information content (AvgIpc) is 2.70. The number of halogens is 2. The van der Waals surface area contributed by atoms with E-state index in [-0.39, 0.29) is 0 Å². The van der Waals surface area contributed by atoms with Gasteiger partial charge in [0.1, 0.15) is 0 Å². The molecule has 0 bridgehead atoms. The van der Waals surface area contributed by atoms with Crippen LogP contribution < -0.4 is 0 Å². The van der Waals surface area contributed by atoms with Crippen molar-refractivity contribution in [2.75, 3.05) is 5.88 Å². The fourth-order valence-corrected chi connectivity index (χ4v) is 4.03. The van der Waals surface area contributed by atoms with Gasteiger partial charge in [0.05, 0.1) is 0 Å². The van der Waals surface area contributed by atoms with Crippen LogP contribution in [0.4, 0.5) is 0 Å². The molecule has 1 rings (SSSR count). The van der Waals surface area contributed by atoms with Gasteiger partial charge in [-0.05, 0) is 52.1 Å². The molecule has 0 aliphatic heterocycles. The lowest BCUT2D eigenvalue weighted by Crippen LogP contribution is -2.24. The molecule has 1 aromatic rings. The van der Waals surface area contributed by atoms with Gasteiger partial charge >= 0.3 is 0 Å². The van der Waals surface area contributed by atoms with Crippen molar-refractivity contribution in [3.05, 3.63) is 20.8 Å². The van der Waals surface area contributed by atoms with Crippen molar-refractivity contribution in [3.8, 4) is 0 Å². The molecule has 92 valence electrons. The second-order valence-corrected chi connectivity index (χ2v) is 6.58. The van der Waals surface area contributed by atoms with E-state index < -0.39 is 0 Å². The maximum Gasteiger partial charge on any atom is 0.0314 e. The van der Waals surface area contributed by atoms with Crippen LogP contribution in [0, 0.1) is 5.41 Å². The fourth-order valence-electron chi connectivity index (χ4n) is 1.94. The van der Waals surface area contributed by atoms with Gasteiger partial charge in [-0.1, -0.05) is 26.7 Å². The van der Waals surface area contributed by atoms with E-state index in [1.807, 2.05) is 11.3 Å². The number of alkyl halides is 1. The van der Waals surface area contributed by atoms with Crippen LogP contribution in [0.15, 0.2) is 15.9 Å². The number of thiophene rings is 1. The van der Waals surface area contributed by atoms with Crippen LogP contribution in [0.3, 0.4) is 0 Å². The maximum absolute atomic E-state index is 6.22. The molecule has 0 fully saturated rings. The van der Waals surface area contributed by atoms with Crippen molar-refractivity contribution in [1.82, 2.24) is 0 Å². The summed E-state index contributed by atoms with van der Waals surface area (Å²) in [5.41, 5.74) is 0.297. The number of unbranched alkanes of at least 4 members (excludes halogenated alkanes) is 1. The molecule has 1 heterocycles. The molecule has 0 aromatic carbocycles. The van der Waals surface area contributed by atoms with Crippen LogP contribution in [0.5, 0.6) is 0 Å². The Labute approximate surface area is 117 Å². The predicted molar refractivity (Wildman–Crippen MR) is 78.7 cm³/mol. The van der Waals surface area contributed by atoms with E-state index in [2.05, 4.69) is 41.2 Å². The van der Waals surface area contributed by atoms with Gasteiger partial charge in [-0.3, -0.25) is 0 Å². The van der Waals surface area contributed by atoms with Crippen molar-refractivity contribution >= 4 is 38.9 Å². The zero-order valence-electron chi connectivity index (χ0n) is 10.1. The van der Waals surface area contributed by atoms with Crippen LogP contribution in [-0.4, -0.2) is 5.88 Å². The summed E-state index contributed by atoms with van der Waals surface area (Å²) in [5, 5.41) is 2.15. The SMILES string of the molecule is CCCCC(CC)(CCl)Cc1sccc1Br. The van der Waals surface area contributed by atoms with Crippen LogP contribution in [0.2, 0.25) is 0 Å². The first kappa shape index (κ1) is 14.5. The first-order chi connectivity index (χ1) is 7.67. The highest BCUT2D eigenvalue weighted by molar-refractivity contribution is 9.10. The number of hydrogen-bond acceptors (Lipinski definition) is 1. The molecule has 0 saturated carbocycles. The van der Waals surface area contributed by atoms with E-state index in [1.54, 1.807) is 0 Å². The predicted octanol–water partition coefficient (Wildman–Crippen LogP) is 5.88. The highest BCUT2D eigenvalue weighted by Gasteiger charge is 2.28. The summed E-state index contributed by atoms with van der Waals surface area (Å²) in [6, 6.07) is 2.13. The molecule has 0 radical (unpaired) electrons. The Morgan fingerprint density at radius 3 is 2.62 bits per heavy atom. The normalized spacial score (nSPS) is 15.0. The minimum atomic E-state index is 0.297. The molecule has 3 heteroatoms. The van der Waals surface area contributed by atoms with Gasteiger partial charge in [-0.15, -0.1) is 22.9 Å². The molecule has 0 nitrogen and oxygen atoms in total.